The van der Waals surface area contributed by atoms with Gasteiger partial charge < -0.3 is 9.80 Å². The Morgan fingerprint density at radius 3 is 2.52 bits per heavy atom. The van der Waals surface area contributed by atoms with Gasteiger partial charge in [0.05, 0.1) is 5.56 Å². The van der Waals surface area contributed by atoms with Gasteiger partial charge in [0.1, 0.15) is 5.82 Å². The van der Waals surface area contributed by atoms with E-state index in [0.29, 0.717) is 5.56 Å². The average molecular weight is 340 g/mol. The van der Waals surface area contributed by atoms with Crippen LogP contribution in [0.15, 0.2) is 18.3 Å². The first kappa shape index (κ1) is 17.8. The number of carbonyl (C=O) groups is 1. The van der Waals surface area contributed by atoms with E-state index >= 15 is 0 Å². The van der Waals surface area contributed by atoms with Crippen molar-refractivity contribution in [1.82, 2.24) is 14.8 Å². The largest absolute Gasteiger partial charge is 0.354 e. The molecule has 0 aliphatic carbocycles. The van der Waals surface area contributed by atoms with E-state index in [1.165, 1.54) is 0 Å². The predicted molar refractivity (Wildman–Crippen MR) is 101 cm³/mol. The molecule has 1 amide bonds. The van der Waals surface area contributed by atoms with Crippen LogP contribution in [0.2, 0.25) is 0 Å². The second-order valence-corrected chi connectivity index (χ2v) is 7.16. The molecule has 0 bridgehead atoms. The van der Waals surface area contributed by atoms with E-state index in [1.54, 1.807) is 6.20 Å². The molecule has 1 aromatic rings. The van der Waals surface area contributed by atoms with Gasteiger partial charge in [-0.25, -0.2) is 4.98 Å². The number of pyridine rings is 1. The number of nitrogens with zero attached hydrogens (tertiary/aromatic N) is 4. The third-order valence-corrected chi connectivity index (χ3v) is 5.33. The van der Waals surface area contributed by atoms with E-state index in [9.17, 15) is 4.79 Å². The zero-order chi connectivity index (χ0) is 17.6. The Balaban J connectivity index is 1.54. The van der Waals surface area contributed by atoms with Crippen molar-refractivity contribution < 1.29 is 4.79 Å². The summed E-state index contributed by atoms with van der Waals surface area (Å²) in [4.78, 5) is 23.8. The van der Waals surface area contributed by atoms with Gasteiger partial charge in [0.15, 0.2) is 0 Å². The maximum atomic E-state index is 12.6. The zero-order valence-corrected chi connectivity index (χ0v) is 15.2. The summed E-state index contributed by atoms with van der Waals surface area (Å²) in [6, 6.07) is 3.91. The van der Waals surface area contributed by atoms with Crippen molar-refractivity contribution in [2.75, 3.05) is 50.7 Å². The Morgan fingerprint density at radius 2 is 1.92 bits per heavy atom. The van der Waals surface area contributed by atoms with Crippen LogP contribution in [0.1, 0.15) is 36.5 Å². The average Bonchev–Trinajstić information content (AvgIpc) is 2.67. The van der Waals surface area contributed by atoms with E-state index < -0.39 is 0 Å². The van der Waals surface area contributed by atoms with Crippen LogP contribution in [-0.4, -0.2) is 66.5 Å². The molecule has 5 nitrogen and oxygen atoms in total. The number of hydrogen-bond donors (Lipinski definition) is 0. The van der Waals surface area contributed by atoms with Crippen LogP contribution < -0.4 is 4.90 Å². The third kappa shape index (κ3) is 4.52. The van der Waals surface area contributed by atoms with Gasteiger partial charge in [-0.2, -0.15) is 0 Å². The summed E-state index contributed by atoms with van der Waals surface area (Å²) in [5.41, 5.74) is 0.700. The molecular weight excluding hydrogens is 312 g/mol. The standard InChI is InChI=1S/C20H28N4O/c1-3-4-9-22-12-14-23(15-13-22)19-6-5-18(16-21-19)20(25)24-10-7-17(2)8-11-24/h1,5-6,16-17H,4,7-15H2,2H3. The lowest BCUT2D eigenvalue weighted by Crippen LogP contribution is -2.46. The van der Waals surface area contributed by atoms with E-state index in [2.05, 4.69) is 27.6 Å². The number of piperidine rings is 1. The normalized spacial score (nSPS) is 19.7. The Morgan fingerprint density at radius 1 is 1.20 bits per heavy atom. The van der Waals surface area contributed by atoms with Crippen LogP contribution in [0.3, 0.4) is 0 Å². The second-order valence-electron chi connectivity index (χ2n) is 7.16. The van der Waals surface area contributed by atoms with Crippen LogP contribution >= 0.6 is 0 Å². The summed E-state index contributed by atoms with van der Waals surface area (Å²) in [5.74, 6) is 4.50. The SMILES string of the molecule is C#CCCN1CCN(c2ccc(C(=O)N3CCC(C)CC3)cn2)CC1. The number of likely N-dealkylation sites (tertiary alicyclic amines) is 1. The Labute approximate surface area is 151 Å². The maximum absolute atomic E-state index is 12.6. The Kier molecular flexibility index (Phi) is 5.93. The van der Waals surface area contributed by atoms with Gasteiger partial charge in [-0.15, -0.1) is 12.3 Å². The van der Waals surface area contributed by atoms with Crippen molar-refractivity contribution >= 4 is 11.7 Å². The van der Waals surface area contributed by atoms with Crippen LogP contribution in [0.25, 0.3) is 0 Å². The summed E-state index contributed by atoms with van der Waals surface area (Å²) in [5, 5.41) is 0. The maximum Gasteiger partial charge on any atom is 0.255 e. The quantitative estimate of drug-likeness (QED) is 0.787. The lowest BCUT2D eigenvalue weighted by molar-refractivity contribution is 0.0697. The van der Waals surface area contributed by atoms with Crippen molar-refractivity contribution in [3.63, 3.8) is 0 Å². The molecule has 2 saturated heterocycles. The first-order valence-corrected chi connectivity index (χ1v) is 9.33. The summed E-state index contributed by atoms with van der Waals surface area (Å²) >= 11 is 0. The minimum absolute atomic E-state index is 0.116. The molecule has 2 aliphatic heterocycles. The molecule has 1 aromatic heterocycles. The van der Waals surface area contributed by atoms with Crippen molar-refractivity contribution in [3.8, 4) is 12.3 Å². The number of carbonyl (C=O) groups excluding carboxylic acids is 1. The lowest BCUT2D eigenvalue weighted by atomic mass is 9.99. The highest BCUT2D eigenvalue weighted by molar-refractivity contribution is 5.94. The Hall–Kier alpha value is -2.06. The zero-order valence-electron chi connectivity index (χ0n) is 15.2. The molecule has 0 aromatic carbocycles. The summed E-state index contributed by atoms with van der Waals surface area (Å²) < 4.78 is 0. The molecule has 0 saturated carbocycles. The lowest BCUT2D eigenvalue weighted by Gasteiger charge is -2.35. The number of piperazine rings is 1. The van der Waals surface area contributed by atoms with Gasteiger partial charge >= 0.3 is 0 Å². The van der Waals surface area contributed by atoms with Gasteiger partial charge in [0, 0.05) is 58.4 Å². The fourth-order valence-corrected chi connectivity index (χ4v) is 3.52. The minimum Gasteiger partial charge on any atom is -0.354 e. The van der Waals surface area contributed by atoms with Gasteiger partial charge in [-0.05, 0) is 30.9 Å². The molecule has 5 heteroatoms. The summed E-state index contributed by atoms with van der Waals surface area (Å²) in [7, 11) is 0. The van der Waals surface area contributed by atoms with Gasteiger partial charge in [-0.3, -0.25) is 9.69 Å². The molecule has 0 radical (unpaired) electrons. The molecule has 2 fully saturated rings. The number of aromatic nitrogens is 1. The topological polar surface area (TPSA) is 39.7 Å². The fourth-order valence-electron chi connectivity index (χ4n) is 3.52. The highest BCUT2D eigenvalue weighted by Gasteiger charge is 2.22. The number of anilines is 1. The predicted octanol–water partition coefficient (Wildman–Crippen LogP) is 2.10. The van der Waals surface area contributed by atoms with Crippen molar-refractivity contribution in [3.05, 3.63) is 23.9 Å². The summed E-state index contributed by atoms with van der Waals surface area (Å²) in [6.07, 6.45) is 10.1. The van der Waals surface area contributed by atoms with Crippen LogP contribution in [0.4, 0.5) is 5.82 Å². The first-order valence-electron chi connectivity index (χ1n) is 9.33. The highest BCUT2D eigenvalue weighted by atomic mass is 16.2. The third-order valence-electron chi connectivity index (χ3n) is 5.33. The summed E-state index contributed by atoms with van der Waals surface area (Å²) in [6.45, 7) is 8.88. The number of amides is 1. The molecule has 0 unspecified atom stereocenters. The van der Waals surface area contributed by atoms with Crippen LogP contribution in [-0.2, 0) is 0 Å². The smallest absolute Gasteiger partial charge is 0.255 e. The molecule has 0 N–H and O–H groups in total. The van der Waals surface area contributed by atoms with E-state index in [1.807, 2.05) is 17.0 Å². The molecule has 3 heterocycles. The van der Waals surface area contributed by atoms with Crippen molar-refractivity contribution in [2.45, 2.75) is 26.2 Å². The molecule has 0 atom stereocenters. The van der Waals surface area contributed by atoms with Crippen LogP contribution in [0.5, 0.6) is 0 Å². The number of hydrogen-bond acceptors (Lipinski definition) is 4. The molecule has 0 spiro atoms. The van der Waals surface area contributed by atoms with Gasteiger partial charge in [0.25, 0.3) is 5.91 Å². The first-order chi connectivity index (χ1) is 12.2. The second kappa shape index (κ2) is 8.35. The van der Waals surface area contributed by atoms with Crippen molar-refractivity contribution in [1.29, 1.82) is 0 Å². The number of rotatable bonds is 4. The van der Waals surface area contributed by atoms with Crippen LogP contribution in [0, 0.1) is 18.3 Å². The monoisotopic (exact) mass is 340 g/mol. The number of terminal acetylenes is 1. The van der Waals surface area contributed by atoms with E-state index in [0.717, 1.165) is 76.8 Å². The molecule has 2 aliphatic rings. The van der Waals surface area contributed by atoms with Gasteiger partial charge in [0.2, 0.25) is 0 Å². The van der Waals surface area contributed by atoms with E-state index in [4.69, 9.17) is 6.42 Å². The molecular formula is C20H28N4O. The van der Waals surface area contributed by atoms with Crippen molar-refractivity contribution in [2.24, 2.45) is 5.92 Å². The fraction of sp³-hybridized carbons (Fsp3) is 0.600. The minimum atomic E-state index is 0.116. The Bertz CT molecular complexity index is 606. The van der Waals surface area contributed by atoms with Gasteiger partial charge in [-0.1, -0.05) is 6.92 Å². The highest BCUT2D eigenvalue weighted by Crippen LogP contribution is 2.19. The molecule has 25 heavy (non-hydrogen) atoms. The van der Waals surface area contributed by atoms with E-state index in [-0.39, 0.29) is 5.91 Å². The molecule has 3 rings (SSSR count). The molecule has 134 valence electrons.